The molecule has 1 heterocycles. The lowest BCUT2D eigenvalue weighted by Gasteiger charge is -2.27. The van der Waals surface area contributed by atoms with Gasteiger partial charge in [-0.15, -0.1) is 0 Å². The summed E-state index contributed by atoms with van der Waals surface area (Å²) in [6.45, 7) is 3.96. The molecule has 1 saturated heterocycles. The lowest BCUT2D eigenvalue weighted by molar-refractivity contribution is -0.117. The number of likely N-dealkylation sites (N-methyl/N-ethyl adjacent to an activating group) is 1. The first kappa shape index (κ1) is 16.8. The number of carbonyl (C=O) groups excluding carboxylic acids is 1. The Morgan fingerprint density at radius 3 is 2.95 bits per heavy atom. The highest BCUT2D eigenvalue weighted by atomic mass is 16.5. The van der Waals surface area contributed by atoms with Crippen LogP contribution in [0, 0.1) is 6.92 Å². The molecular formula is C17H26N2O3. The maximum Gasteiger partial charge on any atom is 0.238 e. The van der Waals surface area contributed by atoms with Crippen molar-refractivity contribution in [2.45, 2.75) is 32.3 Å². The molecule has 1 unspecified atom stereocenters. The number of nitrogens with one attached hydrogen (secondary N) is 1. The van der Waals surface area contributed by atoms with Crippen LogP contribution in [0.15, 0.2) is 18.2 Å². The van der Waals surface area contributed by atoms with Gasteiger partial charge in [-0.05, 0) is 50.9 Å². The van der Waals surface area contributed by atoms with Crippen molar-refractivity contribution < 1.29 is 14.3 Å². The van der Waals surface area contributed by atoms with Crippen LogP contribution < -0.4 is 10.1 Å². The van der Waals surface area contributed by atoms with E-state index in [4.69, 9.17) is 9.47 Å². The number of ether oxygens (including phenoxy) is 2. The van der Waals surface area contributed by atoms with Crippen LogP contribution in [0.1, 0.15) is 24.8 Å². The van der Waals surface area contributed by atoms with Crippen LogP contribution in [-0.4, -0.2) is 50.8 Å². The fraction of sp³-hybridized carbons (Fsp3) is 0.588. The summed E-state index contributed by atoms with van der Waals surface area (Å²) in [5.41, 5.74) is 1.80. The Kier molecular flexibility index (Phi) is 6.21. The first-order valence-electron chi connectivity index (χ1n) is 7.83. The van der Waals surface area contributed by atoms with Crippen LogP contribution in [0.2, 0.25) is 0 Å². The summed E-state index contributed by atoms with van der Waals surface area (Å²) in [6, 6.07) is 5.74. The zero-order valence-electron chi connectivity index (χ0n) is 13.7. The van der Waals surface area contributed by atoms with Crippen LogP contribution in [0.25, 0.3) is 0 Å². The minimum absolute atomic E-state index is 0.0396. The van der Waals surface area contributed by atoms with Crippen LogP contribution in [0.3, 0.4) is 0 Å². The zero-order chi connectivity index (χ0) is 15.9. The molecule has 1 fully saturated rings. The number of rotatable bonds is 6. The Balaban J connectivity index is 1.85. The SMILES string of the molecule is COc1ccc(C)cc1NC(=O)CN(C)CC1CCCCO1. The summed E-state index contributed by atoms with van der Waals surface area (Å²) in [6.07, 6.45) is 3.69. The Labute approximate surface area is 132 Å². The van der Waals surface area contributed by atoms with E-state index in [1.165, 1.54) is 6.42 Å². The van der Waals surface area contributed by atoms with Crippen molar-refractivity contribution in [1.82, 2.24) is 4.90 Å². The summed E-state index contributed by atoms with van der Waals surface area (Å²) in [5, 5.41) is 2.92. The van der Waals surface area contributed by atoms with Crippen molar-refractivity contribution in [1.29, 1.82) is 0 Å². The molecule has 1 aromatic carbocycles. The predicted octanol–water partition coefficient (Wildman–Crippen LogP) is 2.44. The molecule has 0 aromatic heterocycles. The third-order valence-electron chi connectivity index (χ3n) is 3.83. The molecule has 1 aromatic rings. The fourth-order valence-corrected chi connectivity index (χ4v) is 2.72. The van der Waals surface area contributed by atoms with Gasteiger partial charge in [0, 0.05) is 13.2 Å². The van der Waals surface area contributed by atoms with Crippen LogP contribution in [-0.2, 0) is 9.53 Å². The molecule has 1 atom stereocenters. The topological polar surface area (TPSA) is 50.8 Å². The van der Waals surface area contributed by atoms with Gasteiger partial charge in [0.15, 0.2) is 0 Å². The molecule has 2 rings (SSSR count). The number of anilines is 1. The molecule has 1 N–H and O–H groups in total. The van der Waals surface area contributed by atoms with E-state index >= 15 is 0 Å². The van der Waals surface area contributed by atoms with Crippen molar-refractivity contribution in [3.63, 3.8) is 0 Å². The molecule has 0 saturated carbocycles. The zero-order valence-corrected chi connectivity index (χ0v) is 13.7. The number of nitrogens with zero attached hydrogens (tertiary/aromatic N) is 1. The van der Waals surface area contributed by atoms with Gasteiger partial charge in [-0.1, -0.05) is 6.07 Å². The van der Waals surface area contributed by atoms with Gasteiger partial charge in [-0.25, -0.2) is 0 Å². The van der Waals surface area contributed by atoms with E-state index < -0.39 is 0 Å². The third-order valence-corrected chi connectivity index (χ3v) is 3.83. The second-order valence-corrected chi connectivity index (χ2v) is 5.94. The highest BCUT2D eigenvalue weighted by Crippen LogP contribution is 2.25. The van der Waals surface area contributed by atoms with E-state index in [-0.39, 0.29) is 12.0 Å². The second kappa shape index (κ2) is 8.15. The molecule has 0 radical (unpaired) electrons. The number of hydrogen-bond donors (Lipinski definition) is 1. The summed E-state index contributed by atoms with van der Waals surface area (Å²) < 4.78 is 11.0. The van der Waals surface area contributed by atoms with Gasteiger partial charge in [-0.3, -0.25) is 9.69 Å². The molecule has 0 bridgehead atoms. The fourth-order valence-electron chi connectivity index (χ4n) is 2.72. The molecule has 5 heteroatoms. The third kappa shape index (κ3) is 5.00. The Morgan fingerprint density at radius 1 is 1.45 bits per heavy atom. The number of benzene rings is 1. The largest absolute Gasteiger partial charge is 0.495 e. The maximum absolute atomic E-state index is 12.2. The first-order chi connectivity index (χ1) is 10.6. The highest BCUT2D eigenvalue weighted by Gasteiger charge is 2.17. The average molecular weight is 306 g/mol. The lowest BCUT2D eigenvalue weighted by Crippen LogP contribution is -2.37. The van der Waals surface area contributed by atoms with Crippen molar-refractivity contribution in [2.24, 2.45) is 0 Å². The predicted molar refractivity (Wildman–Crippen MR) is 87.4 cm³/mol. The summed E-state index contributed by atoms with van der Waals surface area (Å²) in [5.74, 6) is 0.638. The Hall–Kier alpha value is -1.59. The van der Waals surface area contributed by atoms with Gasteiger partial charge in [0.1, 0.15) is 5.75 Å². The number of methoxy groups -OCH3 is 1. The molecule has 122 valence electrons. The molecule has 5 nitrogen and oxygen atoms in total. The quantitative estimate of drug-likeness (QED) is 0.877. The van der Waals surface area contributed by atoms with Gasteiger partial charge in [-0.2, -0.15) is 0 Å². The van der Waals surface area contributed by atoms with E-state index in [1.807, 2.05) is 37.1 Å². The standard InChI is InChI=1S/C17H26N2O3/c1-13-7-8-16(21-3)15(10-13)18-17(20)12-19(2)11-14-6-4-5-9-22-14/h7-8,10,14H,4-6,9,11-12H2,1-3H3,(H,18,20). The number of aryl methyl sites for hydroxylation is 1. The molecule has 1 aliphatic heterocycles. The highest BCUT2D eigenvalue weighted by molar-refractivity contribution is 5.93. The van der Waals surface area contributed by atoms with Crippen molar-refractivity contribution in [3.8, 4) is 5.75 Å². The van der Waals surface area contributed by atoms with Gasteiger partial charge in [0.25, 0.3) is 0 Å². The smallest absolute Gasteiger partial charge is 0.238 e. The maximum atomic E-state index is 12.2. The van der Waals surface area contributed by atoms with Gasteiger partial charge in [0.05, 0.1) is 25.4 Å². The van der Waals surface area contributed by atoms with E-state index in [0.717, 1.165) is 37.2 Å². The molecule has 0 aliphatic carbocycles. The van der Waals surface area contributed by atoms with E-state index in [9.17, 15) is 4.79 Å². The summed E-state index contributed by atoms with van der Waals surface area (Å²) >= 11 is 0. The number of hydrogen-bond acceptors (Lipinski definition) is 4. The van der Waals surface area contributed by atoms with Crippen LogP contribution in [0.4, 0.5) is 5.69 Å². The van der Waals surface area contributed by atoms with E-state index in [0.29, 0.717) is 12.3 Å². The van der Waals surface area contributed by atoms with Crippen molar-refractivity contribution >= 4 is 11.6 Å². The van der Waals surface area contributed by atoms with Crippen molar-refractivity contribution in [2.75, 3.05) is 39.2 Å². The van der Waals surface area contributed by atoms with Crippen molar-refractivity contribution in [3.05, 3.63) is 23.8 Å². The normalized spacial score (nSPS) is 18.3. The van der Waals surface area contributed by atoms with Crippen LogP contribution in [0.5, 0.6) is 5.75 Å². The van der Waals surface area contributed by atoms with Gasteiger partial charge < -0.3 is 14.8 Å². The Morgan fingerprint density at radius 2 is 2.27 bits per heavy atom. The Bertz CT molecular complexity index is 499. The van der Waals surface area contributed by atoms with Crippen LogP contribution >= 0.6 is 0 Å². The first-order valence-corrected chi connectivity index (χ1v) is 7.83. The molecular weight excluding hydrogens is 280 g/mol. The molecule has 1 aliphatic rings. The minimum atomic E-state index is -0.0396. The van der Waals surface area contributed by atoms with E-state index in [1.54, 1.807) is 7.11 Å². The lowest BCUT2D eigenvalue weighted by atomic mass is 10.1. The summed E-state index contributed by atoms with van der Waals surface area (Å²) in [4.78, 5) is 14.2. The average Bonchev–Trinajstić information content (AvgIpc) is 2.48. The number of amides is 1. The molecule has 0 spiro atoms. The minimum Gasteiger partial charge on any atom is -0.495 e. The van der Waals surface area contributed by atoms with E-state index in [2.05, 4.69) is 5.32 Å². The van der Waals surface area contributed by atoms with Gasteiger partial charge in [0.2, 0.25) is 5.91 Å². The second-order valence-electron chi connectivity index (χ2n) is 5.94. The number of carbonyl (C=O) groups is 1. The molecule has 22 heavy (non-hydrogen) atoms. The molecule has 1 amide bonds. The summed E-state index contributed by atoms with van der Waals surface area (Å²) in [7, 11) is 3.55. The van der Waals surface area contributed by atoms with Gasteiger partial charge >= 0.3 is 0 Å². The monoisotopic (exact) mass is 306 g/mol.